The molecule has 0 heterocycles. The van der Waals surface area contributed by atoms with Gasteiger partial charge in [-0.25, -0.2) is 4.89 Å². The van der Waals surface area contributed by atoms with Crippen molar-refractivity contribution in [1.82, 2.24) is 0 Å². The third-order valence-corrected chi connectivity index (χ3v) is 3.51. The zero-order chi connectivity index (χ0) is 16.5. The first-order valence-electron chi connectivity index (χ1n) is 8.56. The van der Waals surface area contributed by atoms with Crippen LogP contribution in [0.3, 0.4) is 0 Å². The first-order chi connectivity index (χ1) is 10.7. The maximum Gasteiger partial charge on any atom is 0.303 e. The number of aliphatic carboxylic acids is 1. The lowest BCUT2D eigenvalue weighted by Gasteiger charge is -2.03. The molecule has 0 fully saturated rings. The van der Waals surface area contributed by atoms with Crippen LogP contribution in [0.4, 0.5) is 0 Å². The summed E-state index contributed by atoms with van der Waals surface area (Å²) >= 11 is 0. The fraction of sp³-hybridized carbons (Fsp3) is 0.722. The first-order valence-corrected chi connectivity index (χ1v) is 8.56. The van der Waals surface area contributed by atoms with E-state index in [0.29, 0.717) is 0 Å². The number of hydrogen-bond donors (Lipinski definition) is 2. The van der Waals surface area contributed by atoms with Gasteiger partial charge in [-0.2, -0.15) is 0 Å². The van der Waals surface area contributed by atoms with Gasteiger partial charge in [0.2, 0.25) is 0 Å². The van der Waals surface area contributed by atoms with Gasteiger partial charge in [-0.05, 0) is 32.1 Å². The van der Waals surface area contributed by atoms with Gasteiger partial charge >= 0.3 is 5.97 Å². The highest BCUT2D eigenvalue weighted by atomic mass is 17.1. The Morgan fingerprint density at radius 2 is 1.50 bits per heavy atom. The second-order valence-electron chi connectivity index (χ2n) is 5.62. The highest BCUT2D eigenvalue weighted by molar-refractivity contribution is 5.66. The van der Waals surface area contributed by atoms with Gasteiger partial charge in [-0.1, -0.05) is 63.3 Å². The fourth-order valence-electron chi connectivity index (χ4n) is 2.18. The Bertz CT molecular complexity index is 310. The van der Waals surface area contributed by atoms with Gasteiger partial charge in [-0.15, -0.1) is 0 Å². The Hall–Kier alpha value is -1.13. The van der Waals surface area contributed by atoms with Crippen LogP contribution in [0.15, 0.2) is 24.3 Å². The Morgan fingerprint density at radius 3 is 2.05 bits per heavy atom. The van der Waals surface area contributed by atoms with Gasteiger partial charge < -0.3 is 5.11 Å². The van der Waals surface area contributed by atoms with Crippen LogP contribution in [0, 0.1) is 0 Å². The number of carboxylic acid groups (broad SMARTS) is 1. The van der Waals surface area contributed by atoms with Crippen LogP contribution in [-0.4, -0.2) is 22.4 Å². The summed E-state index contributed by atoms with van der Waals surface area (Å²) in [6, 6.07) is 0. The zero-order valence-electron chi connectivity index (χ0n) is 13.9. The Balaban J connectivity index is 3.56. The van der Waals surface area contributed by atoms with Crippen molar-refractivity contribution in [1.29, 1.82) is 0 Å². The van der Waals surface area contributed by atoms with E-state index in [1.54, 1.807) is 0 Å². The third-order valence-electron chi connectivity index (χ3n) is 3.51. The molecule has 0 aromatic rings. The number of carboxylic acids is 1. The molecule has 0 aliphatic carbocycles. The van der Waals surface area contributed by atoms with Gasteiger partial charge in [0.25, 0.3) is 0 Å². The van der Waals surface area contributed by atoms with Crippen LogP contribution in [0.1, 0.15) is 77.6 Å². The highest BCUT2D eigenvalue weighted by Crippen LogP contribution is 2.08. The molecule has 128 valence electrons. The van der Waals surface area contributed by atoms with Gasteiger partial charge in [0.15, 0.2) is 0 Å². The molecule has 4 nitrogen and oxygen atoms in total. The lowest BCUT2D eigenvalue weighted by atomic mass is 10.1. The van der Waals surface area contributed by atoms with E-state index in [0.717, 1.165) is 44.9 Å². The van der Waals surface area contributed by atoms with E-state index in [1.807, 2.05) is 18.2 Å². The predicted octanol–water partition coefficient (Wildman–Crippen LogP) is 5.35. The summed E-state index contributed by atoms with van der Waals surface area (Å²) in [5.41, 5.74) is 0. The predicted molar refractivity (Wildman–Crippen MR) is 89.9 cm³/mol. The lowest BCUT2D eigenvalue weighted by Crippen LogP contribution is -2.02. The lowest BCUT2D eigenvalue weighted by molar-refractivity contribution is -0.254. The highest BCUT2D eigenvalue weighted by Gasteiger charge is 1.98. The van der Waals surface area contributed by atoms with Crippen LogP contribution in [0.5, 0.6) is 0 Å². The standard InChI is InChI=1S/C18H32O4/c1-2-3-4-8-11-14-17(22-21)15-12-9-6-5-7-10-13-16-18(19)20/h11-12,14-15,17,21H,2-10,13,16H2,1H3,(H,19,20). The molecule has 0 aromatic heterocycles. The SMILES string of the molecule is CCCCCC=CC(C=CCCCCCCCC(=O)O)OO. The minimum absolute atomic E-state index is 0.278. The van der Waals surface area contributed by atoms with E-state index in [1.165, 1.54) is 19.3 Å². The smallest absolute Gasteiger partial charge is 0.303 e. The number of hydrogen-bond acceptors (Lipinski definition) is 3. The molecule has 0 rings (SSSR count). The molecule has 0 saturated heterocycles. The van der Waals surface area contributed by atoms with Crippen molar-refractivity contribution < 1.29 is 20.0 Å². The number of rotatable bonds is 15. The van der Waals surface area contributed by atoms with Crippen LogP contribution >= 0.6 is 0 Å². The van der Waals surface area contributed by atoms with E-state index in [2.05, 4.69) is 17.9 Å². The largest absolute Gasteiger partial charge is 0.481 e. The molecule has 1 atom stereocenters. The summed E-state index contributed by atoms with van der Waals surface area (Å²) in [5, 5.41) is 17.3. The molecule has 0 saturated carbocycles. The quantitative estimate of drug-likeness (QED) is 0.185. The topological polar surface area (TPSA) is 66.8 Å². The number of unbranched alkanes of at least 4 members (excludes halogenated alkanes) is 8. The molecule has 0 aromatic carbocycles. The molecule has 0 spiro atoms. The molecular formula is C18H32O4. The average molecular weight is 312 g/mol. The van der Waals surface area contributed by atoms with E-state index < -0.39 is 5.97 Å². The summed E-state index contributed by atoms with van der Waals surface area (Å²) in [6.45, 7) is 2.18. The van der Waals surface area contributed by atoms with Crippen LogP contribution in [-0.2, 0) is 9.68 Å². The molecular weight excluding hydrogens is 280 g/mol. The molecule has 22 heavy (non-hydrogen) atoms. The fourth-order valence-corrected chi connectivity index (χ4v) is 2.18. The van der Waals surface area contributed by atoms with E-state index in [-0.39, 0.29) is 12.5 Å². The average Bonchev–Trinajstić information content (AvgIpc) is 2.50. The van der Waals surface area contributed by atoms with Crippen molar-refractivity contribution in [2.45, 2.75) is 83.7 Å². The van der Waals surface area contributed by atoms with Crippen molar-refractivity contribution in [2.24, 2.45) is 0 Å². The zero-order valence-corrected chi connectivity index (χ0v) is 13.9. The van der Waals surface area contributed by atoms with Crippen molar-refractivity contribution >= 4 is 5.97 Å². The first kappa shape index (κ1) is 20.9. The molecule has 0 radical (unpaired) electrons. The van der Waals surface area contributed by atoms with E-state index >= 15 is 0 Å². The summed E-state index contributed by atoms with van der Waals surface area (Å²) < 4.78 is 0. The molecule has 1 unspecified atom stereocenters. The molecule has 4 heteroatoms. The summed E-state index contributed by atoms with van der Waals surface area (Å²) in [4.78, 5) is 14.8. The maximum absolute atomic E-state index is 10.3. The molecule has 0 amide bonds. The van der Waals surface area contributed by atoms with Gasteiger partial charge in [0, 0.05) is 6.42 Å². The van der Waals surface area contributed by atoms with Gasteiger partial charge in [-0.3, -0.25) is 10.1 Å². The molecule has 2 N–H and O–H groups in total. The van der Waals surface area contributed by atoms with Crippen molar-refractivity contribution in [2.75, 3.05) is 0 Å². The summed E-state index contributed by atoms with van der Waals surface area (Å²) in [5.74, 6) is -0.708. The van der Waals surface area contributed by atoms with Crippen molar-refractivity contribution in [3.63, 3.8) is 0 Å². The Kier molecular flexibility index (Phi) is 15.4. The van der Waals surface area contributed by atoms with Gasteiger partial charge in [0.05, 0.1) is 0 Å². The number of allylic oxidation sites excluding steroid dienone is 2. The van der Waals surface area contributed by atoms with Crippen LogP contribution in [0.25, 0.3) is 0 Å². The van der Waals surface area contributed by atoms with Crippen molar-refractivity contribution in [3.8, 4) is 0 Å². The summed E-state index contributed by atoms with van der Waals surface area (Å²) in [7, 11) is 0. The third kappa shape index (κ3) is 15.3. The Labute approximate surface area is 134 Å². The molecule has 0 bridgehead atoms. The maximum atomic E-state index is 10.3. The second-order valence-corrected chi connectivity index (χ2v) is 5.62. The monoisotopic (exact) mass is 312 g/mol. The van der Waals surface area contributed by atoms with Gasteiger partial charge in [0.1, 0.15) is 6.10 Å². The van der Waals surface area contributed by atoms with E-state index in [4.69, 9.17) is 10.4 Å². The minimum atomic E-state index is -0.708. The Morgan fingerprint density at radius 1 is 0.955 bits per heavy atom. The normalized spacial score (nSPS) is 13.2. The summed E-state index contributed by atoms with van der Waals surface area (Å²) in [6.07, 6.45) is 18.4. The van der Waals surface area contributed by atoms with Crippen LogP contribution < -0.4 is 0 Å². The minimum Gasteiger partial charge on any atom is -0.481 e. The number of carbonyl (C=O) groups is 1. The van der Waals surface area contributed by atoms with E-state index in [9.17, 15) is 4.79 Å². The second kappa shape index (κ2) is 16.2. The molecule has 0 aliphatic heterocycles. The van der Waals surface area contributed by atoms with Crippen LogP contribution in [0.2, 0.25) is 0 Å². The molecule has 0 aliphatic rings. The van der Waals surface area contributed by atoms with Crippen molar-refractivity contribution in [3.05, 3.63) is 24.3 Å².